The summed E-state index contributed by atoms with van der Waals surface area (Å²) >= 11 is 0. The number of rotatable bonds is 8. The average molecular weight is 355 g/mol. The number of benzene rings is 2. The largest absolute Gasteiger partial charge is 0.407 e. The van der Waals surface area contributed by atoms with Crippen molar-refractivity contribution in [3.63, 3.8) is 0 Å². The maximum absolute atomic E-state index is 9.69. The zero-order valence-electron chi connectivity index (χ0n) is 15.6. The van der Waals surface area contributed by atoms with Crippen molar-refractivity contribution >= 4 is 18.7 Å². The molecule has 0 heterocycles. The molecule has 134 valence electrons. The molecule has 0 spiro atoms. The van der Waals surface area contributed by atoms with Crippen LogP contribution in [0.15, 0.2) is 73.3 Å². The van der Waals surface area contributed by atoms with Crippen molar-refractivity contribution in [3.05, 3.63) is 73.3 Å². The van der Waals surface area contributed by atoms with Gasteiger partial charge in [-0.05, 0) is 21.8 Å². The van der Waals surface area contributed by atoms with Crippen molar-refractivity contribution < 1.29 is 9.53 Å². The lowest BCUT2D eigenvalue weighted by Gasteiger charge is -2.43. The molecular formula is C22H30O2Si. The molecule has 0 aliphatic rings. The second-order valence-corrected chi connectivity index (χ2v) is 11.9. The van der Waals surface area contributed by atoms with E-state index in [1.54, 1.807) is 0 Å². The van der Waals surface area contributed by atoms with Crippen LogP contribution in [0, 0.1) is 5.92 Å². The zero-order chi connectivity index (χ0) is 18.3. The molecule has 1 unspecified atom stereocenters. The molecule has 0 saturated heterocycles. The van der Waals surface area contributed by atoms with Crippen LogP contribution in [0.25, 0.3) is 0 Å². The van der Waals surface area contributed by atoms with Gasteiger partial charge in [0.1, 0.15) is 0 Å². The van der Waals surface area contributed by atoms with Crippen molar-refractivity contribution in [2.45, 2.75) is 32.2 Å². The van der Waals surface area contributed by atoms with Gasteiger partial charge in [0.05, 0.1) is 0 Å². The van der Waals surface area contributed by atoms with Crippen LogP contribution in [0.2, 0.25) is 5.04 Å². The summed E-state index contributed by atoms with van der Waals surface area (Å²) < 4.78 is 6.80. The van der Waals surface area contributed by atoms with Gasteiger partial charge in [-0.15, -0.1) is 6.58 Å². The van der Waals surface area contributed by atoms with Gasteiger partial charge in [-0.2, -0.15) is 0 Å². The van der Waals surface area contributed by atoms with Gasteiger partial charge < -0.3 is 9.53 Å². The molecule has 0 radical (unpaired) electrons. The van der Waals surface area contributed by atoms with E-state index in [1.165, 1.54) is 10.4 Å². The zero-order valence-corrected chi connectivity index (χ0v) is 16.6. The lowest BCUT2D eigenvalue weighted by molar-refractivity contribution is 0.158. The molecule has 0 fully saturated rings. The monoisotopic (exact) mass is 354 g/mol. The van der Waals surface area contributed by atoms with Crippen LogP contribution in [0.4, 0.5) is 0 Å². The van der Waals surface area contributed by atoms with Gasteiger partial charge in [0, 0.05) is 19.1 Å². The van der Waals surface area contributed by atoms with E-state index in [9.17, 15) is 5.11 Å². The summed E-state index contributed by atoms with van der Waals surface area (Å²) in [4.78, 5) is 0. The molecule has 25 heavy (non-hydrogen) atoms. The maximum atomic E-state index is 9.69. The molecule has 0 saturated carbocycles. The van der Waals surface area contributed by atoms with Crippen molar-refractivity contribution in [3.8, 4) is 0 Å². The second-order valence-electron chi connectivity index (χ2n) is 7.55. The van der Waals surface area contributed by atoms with Gasteiger partial charge in [-0.3, -0.25) is 0 Å². The van der Waals surface area contributed by atoms with Gasteiger partial charge in [0.15, 0.2) is 0 Å². The Balaban J connectivity index is 2.54. The van der Waals surface area contributed by atoms with Crippen LogP contribution in [0.5, 0.6) is 0 Å². The van der Waals surface area contributed by atoms with Crippen molar-refractivity contribution in [1.29, 1.82) is 0 Å². The third kappa shape index (κ3) is 4.29. The predicted octanol–water partition coefficient (Wildman–Crippen LogP) is 3.75. The van der Waals surface area contributed by atoms with E-state index in [-0.39, 0.29) is 17.6 Å². The minimum atomic E-state index is -2.50. The highest BCUT2D eigenvalue weighted by atomic mass is 28.4. The number of aliphatic hydroxyl groups excluding tert-OH is 1. The Bertz CT molecular complexity index is 607. The fourth-order valence-electron chi connectivity index (χ4n) is 3.44. The Labute approximate surface area is 153 Å². The molecule has 0 amide bonds. The van der Waals surface area contributed by atoms with E-state index >= 15 is 0 Å². The second kappa shape index (κ2) is 8.61. The molecule has 2 aromatic rings. The minimum absolute atomic E-state index is 0.0378. The van der Waals surface area contributed by atoms with Gasteiger partial charge in [-0.1, -0.05) is 87.5 Å². The molecular weight excluding hydrogens is 324 g/mol. The highest BCUT2D eigenvalue weighted by Gasteiger charge is 2.50. The smallest absolute Gasteiger partial charge is 0.261 e. The summed E-state index contributed by atoms with van der Waals surface area (Å²) in [5.74, 6) is 0.0825. The highest BCUT2D eigenvalue weighted by Crippen LogP contribution is 2.37. The number of hydrogen-bond acceptors (Lipinski definition) is 2. The van der Waals surface area contributed by atoms with Crippen molar-refractivity contribution in [2.24, 2.45) is 5.92 Å². The van der Waals surface area contributed by atoms with Crippen molar-refractivity contribution in [2.75, 3.05) is 13.2 Å². The lowest BCUT2D eigenvalue weighted by atomic mass is 10.1. The first-order valence-corrected chi connectivity index (χ1v) is 10.8. The summed E-state index contributed by atoms with van der Waals surface area (Å²) in [7, 11) is -2.50. The molecule has 0 aliphatic carbocycles. The first kappa shape index (κ1) is 19.6. The van der Waals surface area contributed by atoms with Crippen molar-refractivity contribution in [1.82, 2.24) is 0 Å². The summed E-state index contributed by atoms with van der Waals surface area (Å²) in [6, 6.07) is 21.2. The standard InChI is InChI=1S/C22H30O2Si/c1-5-12-19(17-23)18-24-25(22(2,3)4,20-13-8-6-9-14-20)21-15-10-7-11-16-21/h5-11,13-16,19,23H,1,12,17-18H2,2-4H3. The van der Waals surface area contributed by atoms with E-state index in [2.05, 4.69) is 75.9 Å². The predicted molar refractivity (Wildman–Crippen MR) is 109 cm³/mol. The third-order valence-corrected chi connectivity index (χ3v) is 9.72. The Morgan fingerprint density at radius 2 is 1.48 bits per heavy atom. The van der Waals surface area contributed by atoms with E-state index in [0.29, 0.717) is 6.61 Å². The summed E-state index contributed by atoms with van der Waals surface area (Å²) in [5.41, 5.74) is 0. The Morgan fingerprint density at radius 1 is 1.00 bits per heavy atom. The Hall–Kier alpha value is -1.68. The normalized spacial score (nSPS) is 13.4. The first-order valence-electron chi connectivity index (χ1n) is 8.92. The third-order valence-electron chi connectivity index (χ3n) is 4.71. The molecule has 0 aromatic heterocycles. The topological polar surface area (TPSA) is 29.5 Å². The van der Waals surface area contributed by atoms with Crippen LogP contribution in [0.3, 0.4) is 0 Å². The van der Waals surface area contributed by atoms with Crippen LogP contribution in [-0.4, -0.2) is 26.6 Å². The molecule has 1 atom stereocenters. The average Bonchev–Trinajstić information content (AvgIpc) is 2.62. The molecule has 2 rings (SSSR count). The highest BCUT2D eigenvalue weighted by molar-refractivity contribution is 6.99. The van der Waals surface area contributed by atoms with Crippen LogP contribution >= 0.6 is 0 Å². The van der Waals surface area contributed by atoms with E-state index in [4.69, 9.17) is 4.43 Å². The van der Waals surface area contributed by atoms with Gasteiger partial charge in [0.25, 0.3) is 8.32 Å². The van der Waals surface area contributed by atoms with Crippen LogP contribution < -0.4 is 10.4 Å². The summed E-state index contributed by atoms with van der Waals surface area (Å²) in [5, 5.41) is 12.2. The minimum Gasteiger partial charge on any atom is -0.407 e. The van der Waals surface area contributed by atoms with E-state index in [1.807, 2.05) is 18.2 Å². The quantitative estimate of drug-likeness (QED) is 0.578. The SMILES string of the molecule is C=CCC(CO)CO[Si](c1ccccc1)(c1ccccc1)C(C)(C)C. The molecule has 2 aromatic carbocycles. The Morgan fingerprint density at radius 3 is 1.84 bits per heavy atom. The molecule has 1 N–H and O–H groups in total. The van der Waals surface area contributed by atoms with Gasteiger partial charge in [0.2, 0.25) is 0 Å². The number of aliphatic hydroxyl groups is 1. The van der Waals surface area contributed by atoms with Gasteiger partial charge >= 0.3 is 0 Å². The fraction of sp³-hybridized carbons (Fsp3) is 0.364. The fourth-order valence-corrected chi connectivity index (χ4v) is 8.08. The first-order chi connectivity index (χ1) is 12.0. The lowest BCUT2D eigenvalue weighted by Crippen LogP contribution is -2.67. The van der Waals surface area contributed by atoms with E-state index in [0.717, 1.165) is 6.42 Å². The number of hydrogen-bond donors (Lipinski definition) is 1. The molecule has 2 nitrogen and oxygen atoms in total. The molecule has 0 bridgehead atoms. The number of allylic oxidation sites excluding steroid dienone is 1. The molecule has 3 heteroatoms. The summed E-state index contributed by atoms with van der Waals surface area (Å²) in [6.07, 6.45) is 2.62. The van der Waals surface area contributed by atoms with Crippen LogP contribution in [0.1, 0.15) is 27.2 Å². The maximum Gasteiger partial charge on any atom is 0.261 e. The Kier molecular flexibility index (Phi) is 6.76. The van der Waals surface area contributed by atoms with Crippen LogP contribution in [-0.2, 0) is 4.43 Å². The molecule has 0 aliphatic heterocycles. The summed E-state index contributed by atoms with van der Waals surface area (Å²) in [6.45, 7) is 11.2. The van der Waals surface area contributed by atoms with E-state index < -0.39 is 8.32 Å². The van der Waals surface area contributed by atoms with Gasteiger partial charge in [-0.25, -0.2) is 0 Å².